The van der Waals surface area contributed by atoms with Crippen LogP contribution < -0.4 is 5.14 Å². The van der Waals surface area contributed by atoms with Gasteiger partial charge in [0.2, 0.25) is 10.0 Å². The molecule has 0 aliphatic heterocycles. The zero-order chi connectivity index (χ0) is 14.9. The Hall–Kier alpha value is -2.02. The molecule has 0 bridgehead atoms. The van der Waals surface area contributed by atoms with E-state index >= 15 is 0 Å². The molecule has 106 valence electrons. The topological polar surface area (TPSA) is 73.1 Å². The van der Waals surface area contributed by atoms with E-state index in [4.69, 9.17) is 5.14 Å². The van der Waals surface area contributed by atoms with Crippen LogP contribution in [0.25, 0.3) is 21.8 Å². The number of nitrogens with zero attached hydrogens (tertiary/aromatic N) is 1. The molecule has 3 aromatic rings. The monoisotopic (exact) mass is 316 g/mol. The highest BCUT2D eigenvalue weighted by atomic mass is 32.2. The van der Waals surface area contributed by atoms with E-state index in [2.05, 4.69) is 4.98 Å². The van der Waals surface area contributed by atoms with Crippen LogP contribution in [0.3, 0.4) is 0 Å². The first-order valence-electron chi connectivity index (χ1n) is 6.18. The molecule has 0 aliphatic carbocycles. The summed E-state index contributed by atoms with van der Waals surface area (Å²) in [5.74, 6) is 0. The summed E-state index contributed by atoms with van der Waals surface area (Å²) in [5.41, 5.74) is 2.84. The highest BCUT2D eigenvalue weighted by molar-refractivity contribution is 7.89. The van der Waals surface area contributed by atoms with Crippen LogP contribution >= 0.6 is 11.3 Å². The molecule has 0 unspecified atom stereocenters. The Morgan fingerprint density at radius 1 is 0.905 bits per heavy atom. The Morgan fingerprint density at radius 3 is 2.19 bits per heavy atom. The van der Waals surface area contributed by atoms with Crippen molar-refractivity contribution in [3.05, 3.63) is 60.0 Å². The Bertz CT molecular complexity index is 854. The number of thiazole rings is 1. The predicted octanol–water partition coefficient (Wildman–Crippen LogP) is 3.12. The van der Waals surface area contributed by atoms with Gasteiger partial charge in [-0.3, -0.25) is 0 Å². The van der Waals surface area contributed by atoms with Gasteiger partial charge in [0.1, 0.15) is 5.01 Å². The normalized spacial score (nSPS) is 11.5. The SMILES string of the molecule is NS(=O)(=O)c1ccc(-c2nc(-c3ccccc3)cs2)cc1. The molecule has 2 aromatic carbocycles. The summed E-state index contributed by atoms with van der Waals surface area (Å²) in [6.07, 6.45) is 0. The molecule has 0 atom stereocenters. The van der Waals surface area contributed by atoms with Crippen molar-refractivity contribution in [3.8, 4) is 21.8 Å². The molecule has 0 spiro atoms. The number of hydrogen-bond donors (Lipinski definition) is 1. The molecule has 1 heterocycles. The van der Waals surface area contributed by atoms with Crippen molar-refractivity contribution >= 4 is 21.4 Å². The third kappa shape index (κ3) is 3.02. The van der Waals surface area contributed by atoms with Gasteiger partial charge in [0.15, 0.2) is 0 Å². The van der Waals surface area contributed by atoms with Crippen LogP contribution in [-0.2, 0) is 10.0 Å². The average molecular weight is 316 g/mol. The molecule has 21 heavy (non-hydrogen) atoms. The first-order chi connectivity index (χ1) is 10.0. The van der Waals surface area contributed by atoms with Crippen LogP contribution in [0.1, 0.15) is 0 Å². The van der Waals surface area contributed by atoms with Gasteiger partial charge in [0, 0.05) is 16.5 Å². The van der Waals surface area contributed by atoms with Crippen LogP contribution in [0.15, 0.2) is 64.9 Å². The van der Waals surface area contributed by atoms with E-state index in [-0.39, 0.29) is 4.90 Å². The Morgan fingerprint density at radius 2 is 1.57 bits per heavy atom. The van der Waals surface area contributed by atoms with Gasteiger partial charge in [-0.1, -0.05) is 42.5 Å². The van der Waals surface area contributed by atoms with Crippen molar-refractivity contribution in [3.63, 3.8) is 0 Å². The second-order valence-electron chi connectivity index (χ2n) is 4.47. The van der Waals surface area contributed by atoms with Gasteiger partial charge in [0.25, 0.3) is 0 Å². The molecule has 2 N–H and O–H groups in total. The second-order valence-corrected chi connectivity index (χ2v) is 6.89. The van der Waals surface area contributed by atoms with Crippen molar-refractivity contribution in [2.75, 3.05) is 0 Å². The molecule has 3 rings (SSSR count). The van der Waals surface area contributed by atoms with E-state index in [0.29, 0.717) is 0 Å². The lowest BCUT2D eigenvalue weighted by atomic mass is 10.2. The molecule has 0 radical (unpaired) electrons. The number of primary sulfonamides is 1. The smallest absolute Gasteiger partial charge is 0.236 e. The van der Waals surface area contributed by atoms with Gasteiger partial charge in [-0.05, 0) is 12.1 Å². The van der Waals surface area contributed by atoms with E-state index in [1.807, 2.05) is 35.7 Å². The first kappa shape index (κ1) is 13.9. The summed E-state index contributed by atoms with van der Waals surface area (Å²) in [6, 6.07) is 16.3. The lowest BCUT2D eigenvalue weighted by molar-refractivity contribution is 0.598. The third-order valence-corrected chi connectivity index (χ3v) is 4.82. The van der Waals surface area contributed by atoms with Gasteiger partial charge < -0.3 is 0 Å². The molecular formula is C15H12N2O2S2. The van der Waals surface area contributed by atoms with Gasteiger partial charge in [-0.2, -0.15) is 0 Å². The molecule has 0 saturated heterocycles. The number of benzene rings is 2. The fraction of sp³-hybridized carbons (Fsp3) is 0. The van der Waals surface area contributed by atoms with Crippen LogP contribution in [-0.4, -0.2) is 13.4 Å². The highest BCUT2D eigenvalue weighted by Crippen LogP contribution is 2.29. The molecule has 0 aliphatic rings. The maximum Gasteiger partial charge on any atom is 0.238 e. The number of sulfonamides is 1. The summed E-state index contributed by atoms with van der Waals surface area (Å²) < 4.78 is 22.5. The minimum absolute atomic E-state index is 0.103. The number of rotatable bonds is 3. The summed E-state index contributed by atoms with van der Waals surface area (Å²) in [7, 11) is -3.66. The maximum absolute atomic E-state index is 11.2. The number of aromatic nitrogens is 1. The fourth-order valence-corrected chi connectivity index (χ4v) is 3.29. The zero-order valence-corrected chi connectivity index (χ0v) is 12.6. The van der Waals surface area contributed by atoms with Gasteiger partial charge in [-0.15, -0.1) is 11.3 Å². The van der Waals surface area contributed by atoms with Gasteiger partial charge >= 0.3 is 0 Å². The Labute approximate surface area is 127 Å². The highest BCUT2D eigenvalue weighted by Gasteiger charge is 2.10. The molecule has 0 saturated carbocycles. The minimum Gasteiger partial charge on any atom is -0.236 e. The van der Waals surface area contributed by atoms with Crippen LogP contribution in [0, 0.1) is 0 Å². The Balaban J connectivity index is 1.94. The first-order valence-corrected chi connectivity index (χ1v) is 8.61. The zero-order valence-electron chi connectivity index (χ0n) is 10.9. The van der Waals surface area contributed by atoms with E-state index < -0.39 is 10.0 Å². The lowest BCUT2D eigenvalue weighted by Crippen LogP contribution is -2.11. The summed E-state index contributed by atoms with van der Waals surface area (Å²) in [5, 5.41) is 7.91. The standard InChI is InChI=1S/C15H12N2O2S2/c16-21(18,19)13-8-6-12(7-9-13)15-17-14(10-20-15)11-4-2-1-3-5-11/h1-10H,(H2,16,18,19). The van der Waals surface area contributed by atoms with Crippen molar-refractivity contribution < 1.29 is 8.42 Å². The van der Waals surface area contributed by atoms with E-state index in [9.17, 15) is 8.42 Å². The Kier molecular flexibility index (Phi) is 3.59. The van der Waals surface area contributed by atoms with Gasteiger partial charge in [0.05, 0.1) is 10.6 Å². The van der Waals surface area contributed by atoms with Crippen molar-refractivity contribution in [2.45, 2.75) is 4.90 Å². The number of hydrogen-bond acceptors (Lipinski definition) is 4. The van der Waals surface area contributed by atoms with Gasteiger partial charge in [-0.25, -0.2) is 18.5 Å². The predicted molar refractivity (Wildman–Crippen MR) is 84.4 cm³/mol. The number of nitrogens with two attached hydrogens (primary N) is 1. The van der Waals surface area contributed by atoms with Crippen molar-refractivity contribution in [2.24, 2.45) is 5.14 Å². The minimum atomic E-state index is -3.66. The summed E-state index contributed by atoms with van der Waals surface area (Å²) in [4.78, 5) is 4.68. The van der Waals surface area contributed by atoms with Crippen molar-refractivity contribution in [1.29, 1.82) is 0 Å². The molecular weight excluding hydrogens is 304 g/mol. The molecule has 6 heteroatoms. The quantitative estimate of drug-likeness (QED) is 0.807. The molecule has 0 fully saturated rings. The summed E-state index contributed by atoms with van der Waals surface area (Å²) in [6.45, 7) is 0. The molecule has 4 nitrogen and oxygen atoms in total. The third-order valence-electron chi connectivity index (χ3n) is 3.00. The maximum atomic E-state index is 11.2. The van der Waals surface area contributed by atoms with E-state index in [0.717, 1.165) is 21.8 Å². The van der Waals surface area contributed by atoms with Crippen molar-refractivity contribution in [1.82, 2.24) is 4.98 Å². The van der Waals surface area contributed by atoms with Crippen LogP contribution in [0.4, 0.5) is 0 Å². The largest absolute Gasteiger partial charge is 0.238 e. The van der Waals surface area contributed by atoms with E-state index in [1.165, 1.54) is 23.5 Å². The fourth-order valence-electron chi connectivity index (χ4n) is 1.94. The van der Waals surface area contributed by atoms with Crippen LogP contribution in [0.5, 0.6) is 0 Å². The van der Waals surface area contributed by atoms with Crippen LogP contribution in [0.2, 0.25) is 0 Å². The second kappa shape index (κ2) is 5.40. The molecule has 0 amide bonds. The molecule has 1 aromatic heterocycles. The lowest BCUT2D eigenvalue weighted by Gasteiger charge is -2.00. The van der Waals surface area contributed by atoms with E-state index in [1.54, 1.807) is 12.1 Å². The summed E-state index contributed by atoms with van der Waals surface area (Å²) >= 11 is 1.52. The average Bonchev–Trinajstić information content (AvgIpc) is 2.97.